The van der Waals surface area contributed by atoms with Crippen molar-refractivity contribution in [2.75, 3.05) is 0 Å². The molecule has 0 aromatic rings. The van der Waals surface area contributed by atoms with Crippen LogP contribution in [-0.4, -0.2) is 52.1 Å². The molecule has 0 saturated carbocycles. The Bertz CT molecular complexity index is 273. The topological polar surface area (TPSA) is 79.2 Å². The van der Waals surface area contributed by atoms with Gasteiger partial charge in [-0.25, -0.2) is 0 Å². The van der Waals surface area contributed by atoms with Crippen LogP contribution >= 0.6 is 0 Å². The van der Waals surface area contributed by atoms with Crippen LogP contribution < -0.4 is 0 Å². The smallest absolute Gasteiger partial charge is 0.186 e. The number of ether oxygens (including phenoxy) is 2. The number of aliphatic hydroxyl groups excluding tert-OH is 3. The largest absolute Gasteiger partial charge is 0.393 e. The van der Waals surface area contributed by atoms with Gasteiger partial charge in [0.25, 0.3) is 0 Å². The van der Waals surface area contributed by atoms with Crippen molar-refractivity contribution in [3.63, 3.8) is 0 Å². The van der Waals surface area contributed by atoms with E-state index in [9.17, 15) is 15.3 Å². The molecule has 1 heterocycles. The van der Waals surface area contributed by atoms with Gasteiger partial charge in [0.1, 0.15) is 12.2 Å². The van der Waals surface area contributed by atoms with Gasteiger partial charge in [-0.2, -0.15) is 0 Å². The second-order valence-corrected chi connectivity index (χ2v) is 5.79. The number of hydrogen-bond donors (Lipinski definition) is 3. The molecule has 1 fully saturated rings. The van der Waals surface area contributed by atoms with Crippen LogP contribution in [0.2, 0.25) is 0 Å². The Hall–Kier alpha value is -0.200. The van der Waals surface area contributed by atoms with E-state index in [1.54, 1.807) is 0 Å². The van der Waals surface area contributed by atoms with E-state index in [0.29, 0.717) is 19.3 Å². The number of hydrogen-bond acceptors (Lipinski definition) is 5. The van der Waals surface area contributed by atoms with Crippen molar-refractivity contribution in [2.24, 2.45) is 5.92 Å². The van der Waals surface area contributed by atoms with Gasteiger partial charge in [0.2, 0.25) is 0 Å². The average molecular weight is 290 g/mol. The lowest BCUT2D eigenvalue weighted by atomic mass is 9.95. The molecule has 1 aliphatic heterocycles. The zero-order valence-corrected chi connectivity index (χ0v) is 13.0. The molecule has 0 bridgehead atoms. The Morgan fingerprint density at radius 1 is 1.10 bits per heavy atom. The molecule has 20 heavy (non-hydrogen) atoms. The summed E-state index contributed by atoms with van der Waals surface area (Å²) in [7, 11) is 0. The lowest BCUT2D eigenvalue weighted by molar-refractivity contribution is -0.205. The van der Waals surface area contributed by atoms with Crippen molar-refractivity contribution in [3.05, 3.63) is 0 Å². The first-order valence-electron chi connectivity index (χ1n) is 7.79. The molecule has 0 aromatic carbocycles. The summed E-state index contributed by atoms with van der Waals surface area (Å²) in [4.78, 5) is 0. The van der Waals surface area contributed by atoms with Gasteiger partial charge in [-0.15, -0.1) is 0 Å². The monoisotopic (exact) mass is 290 g/mol. The van der Waals surface area contributed by atoms with E-state index < -0.39 is 24.6 Å². The second kappa shape index (κ2) is 8.29. The van der Waals surface area contributed by atoms with Gasteiger partial charge in [0.05, 0.1) is 18.3 Å². The maximum Gasteiger partial charge on any atom is 0.186 e. The Kier molecular flexibility index (Phi) is 7.40. The molecule has 5 nitrogen and oxygen atoms in total. The van der Waals surface area contributed by atoms with Gasteiger partial charge in [0.15, 0.2) is 6.29 Å². The summed E-state index contributed by atoms with van der Waals surface area (Å²) in [5.74, 6) is 0.254. The zero-order valence-electron chi connectivity index (χ0n) is 13.0. The minimum Gasteiger partial charge on any atom is -0.393 e. The molecule has 7 atom stereocenters. The molecule has 120 valence electrons. The maximum absolute atomic E-state index is 9.99. The predicted octanol–water partition coefficient (Wildman–Crippen LogP) is 1.44. The van der Waals surface area contributed by atoms with E-state index in [1.807, 2.05) is 13.8 Å². The van der Waals surface area contributed by atoms with Gasteiger partial charge < -0.3 is 24.8 Å². The van der Waals surface area contributed by atoms with Crippen molar-refractivity contribution in [2.45, 2.75) is 90.2 Å². The van der Waals surface area contributed by atoms with Crippen LogP contribution in [0.4, 0.5) is 0 Å². The normalized spacial score (nSPS) is 35.0. The predicted molar refractivity (Wildman–Crippen MR) is 76.2 cm³/mol. The number of aliphatic hydroxyl groups is 3. The van der Waals surface area contributed by atoms with Crippen molar-refractivity contribution in [1.82, 2.24) is 0 Å². The summed E-state index contributed by atoms with van der Waals surface area (Å²) in [6, 6.07) is 0. The average Bonchev–Trinajstić information content (AvgIpc) is 2.73. The van der Waals surface area contributed by atoms with Crippen LogP contribution in [-0.2, 0) is 9.47 Å². The molecule has 0 spiro atoms. The molecule has 0 aliphatic carbocycles. The minimum atomic E-state index is -1.02. The van der Waals surface area contributed by atoms with Crippen LogP contribution in [0.5, 0.6) is 0 Å². The molecular formula is C15H30O5. The fraction of sp³-hybridized carbons (Fsp3) is 1.00. The lowest BCUT2D eigenvalue weighted by Gasteiger charge is -2.29. The Morgan fingerprint density at radius 2 is 1.75 bits per heavy atom. The highest BCUT2D eigenvalue weighted by atomic mass is 16.7. The Balaban J connectivity index is 2.65. The third-order valence-corrected chi connectivity index (χ3v) is 4.28. The zero-order chi connectivity index (χ0) is 15.3. The summed E-state index contributed by atoms with van der Waals surface area (Å²) in [5, 5.41) is 29.7. The maximum atomic E-state index is 9.99. The summed E-state index contributed by atoms with van der Waals surface area (Å²) < 4.78 is 11.4. The van der Waals surface area contributed by atoms with Crippen molar-refractivity contribution in [3.8, 4) is 0 Å². The molecule has 5 heteroatoms. The third kappa shape index (κ3) is 4.40. The van der Waals surface area contributed by atoms with E-state index in [2.05, 4.69) is 13.8 Å². The second-order valence-electron chi connectivity index (χ2n) is 5.79. The quantitative estimate of drug-likeness (QED) is 0.630. The molecule has 0 aromatic heterocycles. The highest BCUT2D eigenvalue weighted by molar-refractivity contribution is 4.87. The summed E-state index contributed by atoms with van der Waals surface area (Å²) in [5.41, 5.74) is 0. The summed E-state index contributed by atoms with van der Waals surface area (Å²) in [6.45, 7) is 7.95. The van der Waals surface area contributed by atoms with Crippen molar-refractivity contribution < 1.29 is 24.8 Å². The minimum absolute atomic E-state index is 0.183. The SMILES string of the molecule is CC[C@@H](O)C[C@H](O[C@H]1O[C@@H](CC)[C@@H](O)C1O)[C@H](C)CC. The first kappa shape index (κ1) is 17.9. The third-order valence-electron chi connectivity index (χ3n) is 4.28. The van der Waals surface area contributed by atoms with Crippen LogP contribution in [0.1, 0.15) is 53.4 Å². The highest BCUT2D eigenvalue weighted by Gasteiger charge is 2.43. The Morgan fingerprint density at radius 3 is 2.20 bits per heavy atom. The summed E-state index contributed by atoms with van der Waals surface area (Å²) in [6.07, 6.45) is -0.981. The highest BCUT2D eigenvalue weighted by Crippen LogP contribution is 2.28. The first-order chi connectivity index (χ1) is 9.44. The Labute approximate surface area is 121 Å². The molecule has 1 saturated heterocycles. The van der Waals surface area contributed by atoms with Crippen molar-refractivity contribution >= 4 is 0 Å². The molecule has 1 rings (SSSR count). The number of rotatable bonds is 8. The van der Waals surface area contributed by atoms with E-state index >= 15 is 0 Å². The van der Waals surface area contributed by atoms with Gasteiger partial charge in [-0.05, 0) is 25.2 Å². The first-order valence-corrected chi connectivity index (χ1v) is 7.79. The lowest BCUT2D eigenvalue weighted by Crippen LogP contribution is -2.38. The van der Waals surface area contributed by atoms with Crippen LogP contribution in [0.15, 0.2) is 0 Å². The fourth-order valence-electron chi connectivity index (χ4n) is 2.46. The molecule has 1 unspecified atom stereocenters. The van der Waals surface area contributed by atoms with E-state index in [1.165, 1.54) is 0 Å². The van der Waals surface area contributed by atoms with Gasteiger partial charge in [-0.1, -0.05) is 34.1 Å². The van der Waals surface area contributed by atoms with Crippen LogP contribution in [0, 0.1) is 5.92 Å². The van der Waals surface area contributed by atoms with E-state index in [0.717, 1.165) is 6.42 Å². The molecule has 1 aliphatic rings. The molecular weight excluding hydrogens is 260 g/mol. The van der Waals surface area contributed by atoms with Crippen LogP contribution in [0.3, 0.4) is 0 Å². The standard InChI is InChI=1S/C15H30O5/c1-5-9(4)12(8-10(16)6-2)20-15-14(18)13(17)11(7-3)19-15/h9-18H,5-8H2,1-4H3/t9-,10-,11+,12+,13-,14?,15-/m1/s1. The molecule has 3 N–H and O–H groups in total. The molecule has 0 radical (unpaired) electrons. The van der Waals surface area contributed by atoms with Crippen molar-refractivity contribution in [1.29, 1.82) is 0 Å². The van der Waals surface area contributed by atoms with Gasteiger partial charge >= 0.3 is 0 Å². The van der Waals surface area contributed by atoms with E-state index in [4.69, 9.17) is 9.47 Å². The molecule has 0 amide bonds. The van der Waals surface area contributed by atoms with Crippen LogP contribution in [0.25, 0.3) is 0 Å². The van der Waals surface area contributed by atoms with Gasteiger partial charge in [-0.3, -0.25) is 0 Å². The van der Waals surface area contributed by atoms with E-state index in [-0.39, 0.29) is 18.1 Å². The summed E-state index contributed by atoms with van der Waals surface area (Å²) >= 11 is 0. The van der Waals surface area contributed by atoms with Gasteiger partial charge in [0, 0.05) is 0 Å². The fourth-order valence-corrected chi connectivity index (χ4v) is 2.46.